The molecule has 2 rings (SSSR count). The summed E-state index contributed by atoms with van der Waals surface area (Å²) in [5.74, 6) is 0.230. The first-order chi connectivity index (χ1) is 9.61. The second-order valence-corrected chi connectivity index (χ2v) is 4.54. The van der Waals surface area contributed by atoms with Gasteiger partial charge in [0.05, 0.1) is 11.4 Å². The number of nitriles is 1. The number of allylic oxidation sites excluding steroid dienone is 1. The predicted octanol–water partition coefficient (Wildman–Crippen LogP) is 1.90. The van der Waals surface area contributed by atoms with E-state index in [4.69, 9.17) is 16.9 Å². The number of tetrazole rings is 1. The Kier molecular flexibility index (Phi) is 4.17. The molecule has 0 atom stereocenters. The number of halogens is 1. The summed E-state index contributed by atoms with van der Waals surface area (Å²) in [6, 6.07) is 7.47. The molecule has 1 aromatic carbocycles. The first-order valence-electron chi connectivity index (χ1n) is 5.69. The largest absolute Gasteiger partial charge is 0.376 e. The van der Waals surface area contributed by atoms with Gasteiger partial charge < -0.3 is 10.2 Å². The van der Waals surface area contributed by atoms with E-state index in [1.165, 1.54) is 6.20 Å². The van der Waals surface area contributed by atoms with Gasteiger partial charge in [-0.05, 0) is 23.4 Å². The van der Waals surface area contributed by atoms with E-state index in [2.05, 4.69) is 25.9 Å². The Morgan fingerprint density at radius 3 is 2.90 bits per heavy atom. The summed E-state index contributed by atoms with van der Waals surface area (Å²) in [5, 5.41) is 26.0. The molecule has 0 saturated carbocycles. The van der Waals surface area contributed by atoms with Crippen molar-refractivity contribution in [2.45, 2.75) is 0 Å². The lowest BCUT2D eigenvalue weighted by atomic mass is 10.2. The Balaban J connectivity index is 2.30. The number of anilines is 2. The van der Waals surface area contributed by atoms with Gasteiger partial charge >= 0.3 is 0 Å². The maximum Gasteiger partial charge on any atom is 0.216 e. The van der Waals surface area contributed by atoms with E-state index >= 15 is 0 Å². The topological polar surface area (TPSA) is 93.5 Å². The lowest BCUT2D eigenvalue weighted by Crippen LogP contribution is -2.10. The Morgan fingerprint density at radius 1 is 1.50 bits per heavy atom. The zero-order chi connectivity index (χ0) is 14.5. The van der Waals surface area contributed by atoms with Gasteiger partial charge in [0.2, 0.25) is 5.82 Å². The van der Waals surface area contributed by atoms with E-state index in [1.54, 1.807) is 12.1 Å². The zero-order valence-corrected chi connectivity index (χ0v) is 11.7. The Hall–Kier alpha value is -2.59. The van der Waals surface area contributed by atoms with Crippen molar-refractivity contribution in [2.75, 3.05) is 24.3 Å². The fourth-order valence-corrected chi connectivity index (χ4v) is 1.76. The molecule has 0 amide bonds. The molecule has 0 aliphatic carbocycles. The van der Waals surface area contributed by atoms with Crippen LogP contribution in [0, 0.1) is 11.3 Å². The number of rotatable bonds is 4. The maximum atomic E-state index is 9.09. The fourth-order valence-electron chi connectivity index (χ4n) is 1.59. The van der Waals surface area contributed by atoms with Crippen molar-refractivity contribution in [3.8, 4) is 6.07 Å². The van der Waals surface area contributed by atoms with Crippen LogP contribution < -0.4 is 10.2 Å². The highest BCUT2D eigenvalue weighted by Crippen LogP contribution is 2.28. The van der Waals surface area contributed by atoms with Gasteiger partial charge in [0, 0.05) is 25.3 Å². The minimum absolute atomic E-state index is 0.230. The van der Waals surface area contributed by atoms with Crippen molar-refractivity contribution < 1.29 is 0 Å². The third-order valence-corrected chi connectivity index (χ3v) is 2.75. The van der Waals surface area contributed by atoms with Gasteiger partial charge in [0.15, 0.2) is 0 Å². The Labute approximate surface area is 120 Å². The maximum absolute atomic E-state index is 9.09. The highest BCUT2D eigenvalue weighted by atomic mass is 35.5. The number of benzene rings is 1. The summed E-state index contributed by atoms with van der Waals surface area (Å²) in [7, 11) is 3.84. The minimum atomic E-state index is 0.230. The van der Waals surface area contributed by atoms with Crippen LogP contribution in [0.5, 0.6) is 0 Å². The molecule has 0 saturated heterocycles. The molecule has 20 heavy (non-hydrogen) atoms. The van der Waals surface area contributed by atoms with Crippen LogP contribution in [0.25, 0.3) is 5.57 Å². The van der Waals surface area contributed by atoms with Crippen LogP contribution in [0.4, 0.5) is 11.4 Å². The molecule has 0 fully saturated rings. The molecule has 0 bridgehead atoms. The molecule has 1 aromatic heterocycles. The van der Waals surface area contributed by atoms with Crippen LogP contribution >= 0.6 is 11.6 Å². The fraction of sp³-hybridized carbons (Fsp3) is 0.167. The molecular formula is C12H12ClN7. The van der Waals surface area contributed by atoms with Crippen LogP contribution in [0.15, 0.2) is 24.4 Å². The first-order valence-corrected chi connectivity index (χ1v) is 6.07. The second-order valence-electron chi connectivity index (χ2n) is 4.11. The summed E-state index contributed by atoms with van der Waals surface area (Å²) < 4.78 is 0. The van der Waals surface area contributed by atoms with Crippen molar-refractivity contribution in [2.24, 2.45) is 0 Å². The third-order valence-electron chi connectivity index (χ3n) is 2.52. The van der Waals surface area contributed by atoms with Crippen molar-refractivity contribution in [3.63, 3.8) is 0 Å². The predicted molar refractivity (Wildman–Crippen MR) is 77.2 cm³/mol. The molecular weight excluding hydrogens is 278 g/mol. The van der Waals surface area contributed by atoms with Gasteiger partial charge in [-0.15, -0.1) is 10.2 Å². The minimum Gasteiger partial charge on any atom is -0.376 e. The van der Waals surface area contributed by atoms with Gasteiger partial charge in [0.1, 0.15) is 11.6 Å². The van der Waals surface area contributed by atoms with Crippen LogP contribution in [0.3, 0.4) is 0 Å². The summed E-state index contributed by atoms with van der Waals surface area (Å²) in [6.07, 6.45) is 1.52. The summed E-state index contributed by atoms with van der Waals surface area (Å²) >= 11 is 5.99. The summed E-state index contributed by atoms with van der Waals surface area (Å²) in [6.45, 7) is 0. The van der Waals surface area contributed by atoms with E-state index < -0.39 is 0 Å². The van der Waals surface area contributed by atoms with Gasteiger partial charge in [-0.3, -0.25) is 0 Å². The molecule has 0 aliphatic heterocycles. The van der Waals surface area contributed by atoms with Crippen molar-refractivity contribution in [1.82, 2.24) is 20.6 Å². The van der Waals surface area contributed by atoms with Gasteiger partial charge in [0.25, 0.3) is 0 Å². The van der Waals surface area contributed by atoms with Crippen LogP contribution in [0.1, 0.15) is 5.82 Å². The lowest BCUT2D eigenvalue weighted by molar-refractivity contribution is 0.881. The molecule has 2 aromatic rings. The molecule has 2 N–H and O–H groups in total. The lowest BCUT2D eigenvalue weighted by Gasteiger charge is -2.17. The zero-order valence-electron chi connectivity index (χ0n) is 10.9. The number of hydrogen-bond donors (Lipinski definition) is 2. The van der Waals surface area contributed by atoms with Crippen molar-refractivity contribution >= 4 is 28.5 Å². The monoisotopic (exact) mass is 289 g/mol. The average molecular weight is 290 g/mol. The van der Waals surface area contributed by atoms with Gasteiger partial charge in [-0.2, -0.15) is 10.5 Å². The van der Waals surface area contributed by atoms with E-state index in [0.29, 0.717) is 5.02 Å². The van der Waals surface area contributed by atoms with E-state index in [-0.39, 0.29) is 11.4 Å². The Morgan fingerprint density at radius 2 is 2.30 bits per heavy atom. The smallest absolute Gasteiger partial charge is 0.216 e. The number of hydrogen-bond acceptors (Lipinski definition) is 6. The van der Waals surface area contributed by atoms with Gasteiger partial charge in [-0.1, -0.05) is 11.6 Å². The molecule has 7 nitrogen and oxygen atoms in total. The molecule has 0 spiro atoms. The van der Waals surface area contributed by atoms with Crippen LogP contribution in [-0.2, 0) is 0 Å². The summed E-state index contributed by atoms with van der Waals surface area (Å²) in [4.78, 5) is 1.94. The number of nitrogens with one attached hydrogen (secondary N) is 2. The summed E-state index contributed by atoms with van der Waals surface area (Å²) in [5.41, 5.74) is 1.98. The van der Waals surface area contributed by atoms with E-state index in [0.717, 1.165) is 11.4 Å². The van der Waals surface area contributed by atoms with Gasteiger partial charge in [-0.25, -0.2) is 0 Å². The SMILES string of the molecule is CN(C)c1ccc(Cl)cc1NC=C(C#N)c1nn[nH]n1. The second kappa shape index (κ2) is 6.04. The van der Waals surface area contributed by atoms with Crippen LogP contribution in [0.2, 0.25) is 5.02 Å². The average Bonchev–Trinajstić information content (AvgIpc) is 2.93. The van der Waals surface area contributed by atoms with E-state index in [9.17, 15) is 0 Å². The number of nitrogens with zero attached hydrogens (tertiary/aromatic N) is 5. The molecule has 0 aliphatic rings. The molecule has 8 heteroatoms. The highest BCUT2D eigenvalue weighted by molar-refractivity contribution is 6.31. The van der Waals surface area contributed by atoms with Crippen LogP contribution in [-0.4, -0.2) is 34.7 Å². The Bertz CT molecular complexity index is 655. The first kappa shape index (κ1) is 13.8. The molecule has 0 radical (unpaired) electrons. The molecule has 1 heterocycles. The number of aromatic nitrogens is 4. The number of H-pyrrole nitrogens is 1. The van der Waals surface area contributed by atoms with Crippen molar-refractivity contribution in [1.29, 1.82) is 5.26 Å². The van der Waals surface area contributed by atoms with Crippen molar-refractivity contribution in [3.05, 3.63) is 35.2 Å². The standard InChI is InChI=1S/C12H12ClN7/c1-20(2)11-4-3-9(13)5-10(11)15-7-8(6-14)12-16-18-19-17-12/h3-5,7,15H,1-2H3,(H,16,17,18,19). The molecule has 102 valence electrons. The quantitative estimate of drug-likeness (QED) is 0.835. The number of aromatic amines is 1. The third kappa shape index (κ3) is 3.05. The highest BCUT2D eigenvalue weighted by Gasteiger charge is 2.08. The normalized spacial score (nSPS) is 11.0. The molecule has 0 unspecified atom stereocenters. The van der Waals surface area contributed by atoms with E-state index in [1.807, 2.05) is 31.1 Å².